The Morgan fingerprint density at radius 1 is 1.16 bits per heavy atom. The molecule has 25 heavy (non-hydrogen) atoms. The molecule has 3 aliphatic rings. The number of carbonyl (C=O) groups excluding carboxylic acids is 1. The summed E-state index contributed by atoms with van der Waals surface area (Å²) in [6.07, 6.45) is 7.13. The van der Waals surface area contributed by atoms with E-state index in [2.05, 4.69) is 10.2 Å². The molecule has 1 aromatic rings. The van der Waals surface area contributed by atoms with Gasteiger partial charge in [0.05, 0.1) is 0 Å². The highest BCUT2D eigenvalue weighted by Crippen LogP contribution is 2.31. The van der Waals surface area contributed by atoms with E-state index in [1.807, 2.05) is 4.90 Å². The van der Waals surface area contributed by atoms with Gasteiger partial charge in [0.2, 0.25) is 0 Å². The highest BCUT2D eigenvalue weighted by molar-refractivity contribution is 5.74. The average molecular weight is 345 g/mol. The molecule has 2 atom stereocenters. The molecule has 2 heterocycles. The van der Waals surface area contributed by atoms with Gasteiger partial charge in [0.15, 0.2) is 0 Å². The van der Waals surface area contributed by atoms with E-state index in [0.717, 1.165) is 31.5 Å². The van der Waals surface area contributed by atoms with E-state index in [9.17, 15) is 9.18 Å². The maximum absolute atomic E-state index is 13.1. The molecule has 1 aliphatic carbocycles. The van der Waals surface area contributed by atoms with Gasteiger partial charge in [0, 0.05) is 31.7 Å². The number of rotatable bonds is 5. The maximum atomic E-state index is 13.1. The molecule has 136 valence electrons. The minimum atomic E-state index is -0.231. The largest absolute Gasteiger partial charge is 0.335 e. The van der Waals surface area contributed by atoms with E-state index in [-0.39, 0.29) is 11.8 Å². The second kappa shape index (κ2) is 7.32. The van der Waals surface area contributed by atoms with Gasteiger partial charge < -0.3 is 15.1 Å². The Hall–Kier alpha value is -1.62. The van der Waals surface area contributed by atoms with Gasteiger partial charge in [-0.3, -0.25) is 0 Å². The molecule has 0 bridgehead atoms. The van der Waals surface area contributed by atoms with E-state index in [0.29, 0.717) is 24.5 Å². The van der Waals surface area contributed by atoms with Gasteiger partial charge in [-0.25, -0.2) is 9.18 Å². The predicted octanol–water partition coefficient (Wildman–Crippen LogP) is 3.37. The van der Waals surface area contributed by atoms with Crippen LogP contribution in [0.3, 0.4) is 0 Å². The SMILES string of the molecule is O=C(N[C@@H]1CCN2CCC[C@H]2C1)N(Cc1ccc(F)cc1)CC1CC1. The Kier molecular flexibility index (Phi) is 4.93. The van der Waals surface area contributed by atoms with Crippen LogP contribution in [0, 0.1) is 11.7 Å². The first kappa shape index (κ1) is 16.8. The van der Waals surface area contributed by atoms with Crippen molar-refractivity contribution in [1.29, 1.82) is 0 Å². The van der Waals surface area contributed by atoms with Crippen LogP contribution < -0.4 is 5.32 Å². The van der Waals surface area contributed by atoms with Gasteiger partial charge >= 0.3 is 6.03 Å². The van der Waals surface area contributed by atoms with Crippen molar-refractivity contribution in [1.82, 2.24) is 15.1 Å². The minimum Gasteiger partial charge on any atom is -0.335 e. The average Bonchev–Trinajstić information content (AvgIpc) is 3.30. The number of piperidine rings is 1. The van der Waals surface area contributed by atoms with Crippen molar-refractivity contribution in [3.8, 4) is 0 Å². The number of carbonyl (C=O) groups is 1. The molecule has 2 saturated heterocycles. The number of hydrogen-bond donors (Lipinski definition) is 1. The summed E-state index contributed by atoms with van der Waals surface area (Å²) in [5.74, 6) is 0.410. The van der Waals surface area contributed by atoms with Crippen molar-refractivity contribution in [3.63, 3.8) is 0 Å². The molecule has 1 N–H and O–H groups in total. The number of nitrogens with one attached hydrogen (secondary N) is 1. The van der Waals surface area contributed by atoms with Gasteiger partial charge in [0.25, 0.3) is 0 Å². The van der Waals surface area contributed by atoms with Crippen LogP contribution in [-0.4, -0.2) is 47.5 Å². The van der Waals surface area contributed by atoms with Gasteiger partial charge in [-0.1, -0.05) is 12.1 Å². The number of benzene rings is 1. The Balaban J connectivity index is 1.36. The molecule has 2 aliphatic heterocycles. The first-order chi connectivity index (χ1) is 12.2. The standard InChI is InChI=1S/C20H28FN3O/c21-17-7-5-16(6-8-17)14-24(13-15-3-4-15)20(25)22-18-9-11-23-10-1-2-19(23)12-18/h5-8,15,18-19H,1-4,9-14H2,(H,22,25)/t18-,19+/m1/s1. The Morgan fingerprint density at radius 3 is 2.72 bits per heavy atom. The lowest BCUT2D eigenvalue weighted by molar-refractivity contribution is 0.152. The van der Waals surface area contributed by atoms with Crippen molar-refractivity contribution in [3.05, 3.63) is 35.6 Å². The third-order valence-electron chi connectivity index (χ3n) is 5.90. The molecule has 5 heteroatoms. The van der Waals surface area contributed by atoms with Crippen molar-refractivity contribution in [2.75, 3.05) is 19.6 Å². The topological polar surface area (TPSA) is 35.6 Å². The highest BCUT2D eigenvalue weighted by Gasteiger charge is 2.33. The summed E-state index contributed by atoms with van der Waals surface area (Å²) in [6.45, 7) is 3.70. The van der Waals surface area contributed by atoms with E-state index in [1.54, 1.807) is 12.1 Å². The molecule has 0 radical (unpaired) electrons. The first-order valence-electron chi connectivity index (χ1n) is 9.71. The normalized spacial score (nSPS) is 26.3. The number of fused-ring (bicyclic) bond motifs is 1. The van der Waals surface area contributed by atoms with Crippen LogP contribution in [0.2, 0.25) is 0 Å². The number of hydrogen-bond acceptors (Lipinski definition) is 2. The zero-order valence-electron chi connectivity index (χ0n) is 14.8. The lowest BCUT2D eigenvalue weighted by Crippen LogP contribution is -2.51. The second-order valence-electron chi connectivity index (χ2n) is 7.95. The van der Waals surface area contributed by atoms with Crippen molar-refractivity contribution in [2.24, 2.45) is 5.92 Å². The van der Waals surface area contributed by atoms with Crippen molar-refractivity contribution >= 4 is 6.03 Å². The third-order valence-corrected chi connectivity index (χ3v) is 5.90. The van der Waals surface area contributed by atoms with Gasteiger partial charge in [0.1, 0.15) is 5.82 Å². The van der Waals surface area contributed by atoms with Gasteiger partial charge in [-0.05, 0) is 68.7 Å². The third kappa shape index (κ3) is 4.32. The zero-order chi connectivity index (χ0) is 17.2. The minimum absolute atomic E-state index is 0.0488. The lowest BCUT2D eigenvalue weighted by Gasteiger charge is -2.36. The van der Waals surface area contributed by atoms with E-state index < -0.39 is 0 Å². The van der Waals surface area contributed by atoms with Crippen molar-refractivity contribution in [2.45, 2.75) is 57.2 Å². The molecule has 4 nitrogen and oxygen atoms in total. The summed E-state index contributed by atoms with van der Waals surface area (Å²) in [6, 6.07) is 7.50. The molecular formula is C20H28FN3O. The summed E-state index contributed by atoms with van der Waals surface area (Å²) in [4.78, 5) is 17.4. The van der Waals surface area contributed by atoms with Gasteiger partial charge in [-0.2, -0.15) is 0 Å². The Labute approximate surface area is 149 Å². The summed E-state index contributed by atoms with van der Waals surface area (Å²) in [5, 5.41) is 3.28. The van der Waals surface area contributed by atoms with E-state index in [1.165, 1.54) is 44.4 Å². The molecule has 1 saturated carbocycles. The smallest absolute Gasteiger partial charge is 0.317 e. The summed E-state index contributed by atoms with van der Waals surface area (Å²) in [7, 11) is 0. The Bertz CT molecular complexity index is 601. The van der Waals surface area contributed by atoms with Crippen LogP contribution >= 0.6 is 0 Å². The fourth-order valence-corrected chi connectivity index (χ4v) is 4.26. The number of halogens is 1. The van der Waals surface area contributed by atoms with Crippen LogP contribution in [0.1, 0.15) is 44.1 Å². The Morgan fingerprint density at radius 2 is 1.96 bits per heavy atom. The van der Waals surface area contributed by atoms with Crippen LogP contribution in [0.4, 0.5) is 9.18 Å². The van der Waals surface area contributed by atoms with Crippen LogP contribution in [-0.2, 0) is 6.54 Å². The van der Waals surface area contributed by atoms with Gasteiger partial charge in [-0.15, -0.1) is 0 Å². The highest BCUT2D eigenvalue weighted by atomic mass is 19.1. The fourth-order valence-electron chi connectivity index (χ4n) is 4.26. The fraction of sp³-hybridized carbons (Fsp3) is 0.650. The van der Waals surface area contributed by atoms with Crippen LogP contribution in [0.5, 0.6) is 0 Å². The number of urea groups is 1. The molecule has 2 amide bonds. The summed E-state index contributed by atoms with van der Waals surface area (Å²) >= 11 is 0. The van der Waals surface area contributed by atoms with E-state index >= 15 is 0 Å². The maximum Gasteiger partial charge on any atom is 0.317 e. The molecule has 1 aromatic carbocycles. The molecule has 0 spiro atoms. The van der Waals surface area contributed by atoms with Crippen LogP contribution in [0.15, 0.2) is 24.3 Å². The zero-order valence-corrected chi connectivity index (χ0v) is 14.8. The molecule has 4 rings (SSSR count). The first-order valence-corrected chi connectivity index (χ1v) is 9.71. The number of amides is 2. The predicted molar refractivity (Wildman–Crippen MR) is 95.7 cm³/mol. The van der Waals surface area contributed by atoms with Crippen LogP contribution in [0.25, 0.3) is 0 Å². The lowest BCUT2D eigenvalue weighted by atomic mass is 9.98. The monoisotopic (exact) mass is 345 g/mol. The second-order valence-corrected chi connectivity index (χ2v) is 7.95. The van der Waals surface area contributed by atoms with E-state index in [4.69, 9.17) is 0 Å². The number of nitrogens with zero attached hydrogens (tertiary/aromatic N) is 2. The van der Waals surface area contributed by atoms with Crippen molar-refractivity contribution < 1.29 is 9.18 Å². The summed E-state index contributed by atoms with van der Waals surface area (Å²) < 4.78 is 13.1. The molecule has 0 unspecified atom stereocenters. The molecular weight excluding hydrogens is 317 g/mol. The summed E-state index contributed by atoms with van der Waals surface area (Å²) in [5.41, 5.74) is 0.989. The molecule has 0 aromatic heterocycles. The molecule has 3 fully saturated rings. The quantitative estimate of drug-likeness (QED) is 0.888.